The molecule has 33 heavy (non-hydrogen) atoms. The van der Waals surface area contributed by atoms with Crippen LogP contribution in [-0.2, 0) is 4.79 Å². The Bertz CT molecular complexity index is 1180. The lowest BCUT2D eigenvalue weighted by molar-refractivity contribution is -0.120. The summed E-state index contributed by atoms with van der Waals surface area (Å²) in [4.78, 5) is 15.0. The average molecular weight is 441 g/mol. The van der Waals surface area contributed by atoms with Crippen molar-refractivity contribution in [1.29, 1.82) is 0 Å². The molecule has 1 atom stereocenters. The number of amides is 1. The quantitative estimate of drug-likeness (QED) is 0.481. The number of piperidine rings is 1. The Morgan fingerprint density at radius 1 is 0.909 bits per heavy atom. The number of ether oxygens (including phenoxy) is 1. The van der Waals surface area contributed by atoms with Crippen molar-refractivity contribution >= 4 is 17.4 Å². The normalized spacial score (nSPS) is 15.8. The summed E-state index contributed by atoms with van der Waals surface area (Å²) in [7, 11) is 0. The van der Waals surface area contributed by atoms with Gasteiger partial charge in [-0.1, -0.05) is 18.2 Å². The molecule has 2 aromatic carbocycles. The Morgan fingerprint density at radius 3 is 2.39 bits per heavy atom. The van der Waals surface area contributed by atoms with Crippen LogP contribution in [0.4, 0.5) is 11.5 Å². The van der Waals surface area contributed by atoms with Gasteiger partial charge in [-0.05, 0) is 67.4 Å². The first-order valence-corrected chi connectivity index (χ1v) is 11.0. The lowest BCUT2D eigenvalue weighted by atomic mass is 9.97. The number of carbonyl (C=O) groups is 1. The summed E-state index contributed by atoms with van der Waals surface area (Å²) in [6.45, 7) is 1.46. The molecule has 0 bridgehead atoms. The van der Waals surface area contributed by atoms with Crippen LogP contribution < -0.4 is 15.0 Å². The second-order valence-corrected chi connectivity index (χ2v) is 7.91. The van der Waals surface area contributed by atoms with Gasteiger partial charge in [-0.3, -0.25) is 4.79 Å². The number of hydrogen-bond acceptors (Lipinski definition) is 6. The molecule has 0 spiro atoms. The van der Waals surface area contributed by atoms with Crippen LogP contribution in [0.3, 0.4) is 0 Å². The van der Waals surface area contributed by atoms with Gasteiger partial charge < -0.3 is 15.0 Å². The third-order valence-electron chi connectivity index (χ3n) is 5.59. The van der Waals surface area contributed by atoms with E-state index in [0.717, 1.165) is 42.4 Å². The summed E-state index contributed by atoms with van der Waals surface area (Å²) in [5.74, 6) is 2.82. The SMILES string of the molecule is O=C(Nc1ccc(Oc2ccccc2)cc1)[C@@H]1CCCN(c2ccc(-n3cccn3)nn2)C1. The standard InChI is InChI=1S/C25H24N6O2/c32-25(27-20-9-11-22(12-10-20)33-21-7-2-1-3-8-21)19-6-4-16-30(18-19)23-13-14-24(29-28-23)31-17-5-15-26-31/h1-3,5,7-15,17,19H,4,6,16,18H2,(H,27,32)/t19-/m1/s1. The lowest BCUT2D eigenvalue weighted by Gasteiger charge is -2.32. The molecule has 2 aromatic heterocycles. The van der Waals surface area contributed by atoms with Crippen LogP contribution in [0.15, 0.2) is 85.2 Å². The van der Waals surface area contributed by atoms with E-state index in [1.807, 2.05) is 79.0 Å². The molecule has 1 saturated heterocycles. The van der Waals surface area contributed by atoms with Gasteiger partial charge in [-0.2, -0.15) is 5.10 Å². The van der Waals surface area contributed by atoms with Gasteiger partial charge in [-0.15, -0.1) is 10.2 Å². The maximum absolute atomic E-state index is 12.9. The topological polar surface area (TPSA) is 85.2 Å². The van der Waals surface area contributed by atoms with E-state index in [0.29, 0.717) is 12.4 Å². The van der Waals surface area contributed by atoms with Crippen LogP contribution in [0.5, 0.6) is 11.5 Å². The lowest BCUT2D eigenvalue weighted by Crippen LogP contribution is -2.41. The first-order valence-electron chi connectivity index (χ1n) is 11.0. The monoisotopic (exact) mass is 440 g/mol. The summed E-state index contributed by atoms with van der Waals surface area (Å²) < 4.78 is 7.48. The first-order chi connectivity index (χ1) is 16.2. The molecule has 3 heterocycles. The minimum atomic E-state index is -0.119. The Morgan fingerprint density at radius 2 is 1.67 bits per heavy atom. The molecule has 1 amide bonds. The molecule has 0 unspecified atom stereocenters. The summed E-state index contributed by atoms with van der Waals surface area (Å²) >= 11 is 0. The molecule has 1 aliphatic rings. The molecule has 0 radical (unpaired) electrons. The molecule has 4 aromatic rings. The van der Waals surface area contributed by atoms with E-state index in [1.54, 1.807) is 10.9 Å². The van der Waals surface area contributed by atoms with E-state index < -0.39 is 0 Å². The largest absolute Gasteiger partial charge is 0.457 e. The van der Waals surface area contributed by atoms with Gasteiger partial charge in [0.05, 0.1) is 5.92 Å². The molecule has 0 saturated carbocycles. The van der Waals surface area contributed by atoms with Gasteiger partial charge in [-0.25, -0.2) is 4.68 Å². The van der Waals surface area contributed by atoms with Gasteiger partial charge in [0.25, 0.3) is 0 Å². The van der Waals surface area contributed by atoms with E-state index in [1.165, 1.54) is 0 Å². The Balaban J connectivity index is 1.18. The number of nitrogens with one attached hydrogen (secondary N) is 1. The number of benzene rings is 2. The fourth-order valence-corrected chi connectivity index (χ4v) is 3.89. The van der Waals surface area contributed by atoms with E-state index in [2.05, 4.69) is 25.5 Å². The number of rotatable bonds is 6. The highest BCUT2D eigenvalue weighted by Gasteiger charge is 2.27. The zero-order chi connectivity index (χ0) is 22.5. The van der Waals surface area contributed by atoms with Gasteiger partial charge in [0, 0.05) is 31.2 Å². The van der Waals surface area contributed by atoms with Crippen molar-refractivity contribution in [2.45, 2.75) is 12.8 Å². The Labute approximate surface area is 191 Å². The Hall–Kier alpha value is -4.20. The van der Waals surface area contributed by atoms with Crippen LogP contribution >= 0.6 is 0 Å². The number of carbonyl (C=O) groups excluding carboxylic acids is 1. The van der Waals surface area contributed by atoms with Crippen molar-refractivity contribution < 1.29 is 9.53 Å². The molecule has 166 valence electrons. The molecule has 1 fully saturated rings. The molecule has 1 N–H and O–H groups in total. The smallest absolute Gasteiger partial charge is 0.229 e. The zero-order valence-electron chi connectivity index (χ0n) is 18.0. The van der Waals surface area contributed by atoms with Crippen molar-refractivity contribution in [3.8, 4) is 17.3 Å². The molecular formula is C25H24N6O2. The Kier molecular flexibility index (Phi) is 5.97. The van der Waals surface area contributed by atoms with Gasteiger partial charge in [0.2, 0.25) is 5.91 Å². The van der Waals surface area contributed by atoms with E-state index >= 15 is 0 Å². The third kappa shape index (κ3) is 5.01. The number of para-hydroxylation sites is 1. The maximum atomic E-state index is 12.9. The van der Waals surface area contributed by atoms with Crippen molar-refractivity contribution in [2.24, 2.45) is 5.92 Å². The highest BCUT2D eigenvalue weighted by atomic mass is 16.5. The zero-order valence-corrected chi connectivity index (χ0v) is 18.0. The summed E-state index contributed by atoms with van der Waals surface area (Å²) in [5.41, 5.74) is 0.751. The van der Waals surface area contributed by atoms with Crippen LogP contribution in [0.25, 0.3) is 5.82 Å². The minimum absolute atomic E-state index is 0.0116. The van der Waals surface area contributed by atoms with E-state index in [9.17, 15) is 4.79 Å². The van der Waals surface area contributed by atoms with Crippen molar-refractivity contribution in [2.75, 3.05) is 23.3 Å². The van der Waals surface area contributed by atoms with Crippen molar-refractivity contribution in [1.82, 2.24) is 20.0 Å². The second-order valence-electron chi connectivity index (χ2n) is 7.91. The molecular weight excluding hydrogens is 416 g/mol. The highest BCUT2D eigenvalue weighted by Crippen LogP contribution is 2.25. The minimum Gasteiger partial charge on any atom is -0.457 e. The predicted octanol–water partition coefficient (Wildman–Crippen LogP) is 4.31. The second kappa shape index (κ2) is 9.52. The van der Waals surface area contributed by atoms with Gasteiger partial charge >= 0.3 is 0 Å². The summed E-state index contributed by atoms with van der Waals surface area (Å²) in [5, 5.41) is 15.8. The average Bonchev–Trinajstić information content (AvgIpc) is 3.41. The fraction of sp³-hybridized carbons (Fsp3) is 0.200. The maximum Gasteiger partial charge on any atom is 0.229 e. The van der Waals surface area contributed by atoms with Crippen molar-refractivity contribution in [3.63, 3.8) is 0 Å². The number of nitrogens with zero attached hydrogens (tertiary/aromatic N) is 5. The summed E-state index contributed by atoms with van der Waals surface area (Å²) in [6, 6.07) is 22.7. The predicted molar refractivity (Wildman–Crippen MR) is 126 cm³/mol. The van der Waals surface area contributed by atoms with Crippen molar-refractivity contribution in [3.05, 3.63) is 85.2 Å². The highest BCUT2D eigenvalue weighted by molar-refractivity contribution is 5.93. The number of aromatic nitrogens is 4. The van der Waals surface area contributed by atoms with E-state index in [4.69, 9.17) is 4.74 Å². The van der Waals surface area contributed by atoms with Crippen LogP contribution in [-0.4, -0.2) is 39.0 Å². The van der Waals surface area contributed by atoms with E-state index in [-0.39, 0.29) is 11.8 Å². The van der Waals surface area contributed by atoms with Crippen LogP contribution in [0.2, 0.25) is 0 Å². The summed E-state index contributed by atoms with van der Waals surface area (Å²) in [6.07, 6.45) is 5.29. The molecule has 0 aliphatic carbocycles. The molecule has 8 nitrogen and oxygen atoms in total. The number of anilines is 2. The van der Waals surface area contributed by atoms with Gasteiger partial charge in [0.15, 0.2) is 11.6 Å². The third-order valence-corrected chi connectivity index (χ3v) is 5.59. The molecule has 8 heteroatoms. The van der Waals surface area contributed by atoms with Gasteiger partial charge in [0.1, 0.15) is 11.5 Å². The number of hydrogen-bond donors (Lipinski definition) is 1. The fourth-order valence-electron chi connectivity index (χ4n) is 3.89. The van der Waals surface area contributed by atoms with Crippen LogP contribution in [0, 0.1) is 5.92 Å². The van der Waals surface area contributed by atoms with Crippen LogP contribution in [0.1, 0.15) is 12.8 Å². The first kappa shape index (κ1) is 20.7. The molecule has 1 aliphatic heterocycles. The molecule has 5 rings (SSSR count).